The molecule has 0 saturated heterocycles. The first kappa shape index (κ1) is 59.7. The number of quaternary nitrogens is 1. The van der Waals surface area contributed by atoms with E-state index in [1.54, 1.807) is 0 Å². The lowest BCUT2D eigenvalue weighted by atomic mass is 10.0. The molecule has 0 aromatic heterocycles. The summed E-state index contributed by atoms with van der Waals surface area (Å²) in [6.07, 6.45) is 54.5. The average Bonchev–Trinajstić information content (AvgIpc) is 3.22. The van der Waals surface area contributed by atoms with E-state index >= 15 is 0 Å². The Kier molecular flexibility index (Phi) is 44.3. The molecule has 2 atom stereocenters. The minimum atomic E-state index is -4.53. The summed E-state index contributed by atoms with van der Waals surface area (Å²) in [5.74, 6) is -0.336. The van der Waals surface area contributed by atoms with Crippen molar-refractivity contribution in [3.8, 4) is 0 Å². The Labute approximate surface area is 378 Å². The highest BCUT2D eigenvalue weighted by Gasteiger charge is 2.20. The topological polar surface area (TPSA) is 94.1 Å². The third kappa shape index (κ3) is 49.6. The van der Waals surface area contributed by atoms with Crippen LogP contribution in [0.3, 0.4) is 0 Å². The molecule has 0 saturated carbocycles. The normalized spacial score (nSPS) is 13.9. The van der Waals surface area contributed by atoms with E-state index in [2.05, 4.69) is 50.3 Å². The summed E-state index contributed by atoms with van der Waals surface area (Å²) in [4.78, 5) is 25.2. The molecule has 0 aromatic rings. The monoisotopic (exact) mass is 882 g/mol. The summed E-state index contributed by atoms with van der Waals surface area (Å²) in [5, 5.41) is 0. The first-order chi connectivity index (χ1) is 29.6. The molecule has 0 bridgehead atoms. The fraction of sp³-hybridized carbons (Fsp3) is 0.865. The molecule has 0 spiro atoms. The maximum atomic E-state index is 12.7. The number of ether oxygens (including phenoxy) is 2. The number of esters is 1. The second-order valence-electron chi connectivity index (χ2n) is 18.5. The standard InChI is InChI=1S/C52H100NO7P/c1-6-8-10-12-14-16-18-20-22-24-25-26-27-28-29-30-31-33-35-37-39-41-43-45-52(54)60-51(50-59-61(55,56)58-48-46-53(3,4)5)49-57-47-44-42-40-38-36-34-32-23-21-19-17-15-13-11-9-7-2/h15,17,21,23-25,51H,6-14,16,18-20,22,26-50H2,1-5H3/b17-15-,23-21-,25-24-. The number of rotatable bonds is 48. The van der Waals surface area contributed by atoms with Crippen LogP contribution in [0.2, 0.25) is 0 Å². The Hall–Kier alpha value is -1.28. The number of phosphoric acid groups is 1. The molecule has 0 aliphatic rings. The number of carbonyl (C=O) groups excluding carboxylic acids is 1. The van der Waals surface area contributed by atoms with Crippen molar-refractivity contribution in [3.05, 3.63) is 36.5 Å². The van der Waals surface area contributed by atoms with Gasteiger partial charge < -0.3 is 27.9 Å². The minimum Gasteiger partial charge on any atom is -0.756 e. The van der Waals surface area contributed by atoms with Gasteiger partial charge in [0.2, 0.25) is 0 Å². The predicted octanol–water partition coefficient (Wildman–Crippen LogP) is 15.1. The van der Waals surface area contributed by atoms with Gasteiger partial charge in [-0.1, -0.05) is 192 Å². The lowest BCUT2D eigenvalue weighted by Gasteiger charge is -2.28. The molecule has 0 aromatic carbocycles. The van der Waals surface area contributed by atoms with Crippen LogP contribution in [0.1, 0.15) is 232 Å². The molecule has 0 fully saturated rings. The van der Waals surface area contributed by atoms with E-state index < -0.39 is 13.9 Å². The second-order valence-corrected chi connectivity index (χ2v) is 19.9. The van der Waals surface area contributed by atoms with Gasteiger partial charge in [-0.3, -0.25) is 9.36 Å². The van der Waals surface area contributed by atoms with Crippen molar-refractivity contribution in [2.75, 3.05) is 54.1 Å². The third-order valence-corrected chi connectivity index (χ3v) is 12.1. The van der Waals surface area contributed by atoms with Gasteiger partial charge in [-0.2, -0.15) is 0 Å². The van der Waals surface area contributed by atoms with Crippen LogP contribution in [-0.4, -0.2) is 70.7 Å². The fourth-order valence-electron chi connectivity index (χ4n) is 7.16. The molecule has 8 nitrogen and oxygen atoms in total. The van der Waals surface area contributed by atoms with Crippen molar-refractivity contribution < 1.29 is 37.3 Å². The van der Waals surface area contributed by atoms with Gasteiger partial charge in [0.25, 0.3) is 7.82 Å². The Morgan fingerprint density at radius 2 is 0.902 bits per heavy atom. The highest BCUT2D eigenvalue weighted by Crippen LogP contribution is 2.38. The van der Waals surface area contributed by atoms with Crippen molar-refractivity contribution in [1.82, 2.24) is 0 Å². The van der Waals surface area contributed by atoms with Gasteiger partial charge in [-0.25, -0.2) is 0 Å². The molecule has 0 aliphatic heterocycles. The van der Waals surface area contributed by atoms with Gasteiger partial charge in [-0.15, -0.1) is 0 Å². The van der Waals surface area contributed by atoms with Crippen LogP contribution < -0.4 is 4.89 Å². The average molecular weight is 882 g/mol. The van der Waals surface area contributed by atoms with Crippen molar-refractivity contribution in [2.24, 2.45) is 0 Å². The maximum absolute atomic E-state index is 12.7. The van der Waals surface area contributed by atoms with Crippen molar-refractivity contribution in [2.45, 2.75) is 238 Å². The highest BCUT2D eigenvalue weighted by molar-refractivity contribution is 7.45. The molecule has 0 heterocycles. The number of phosphoric ester groups is 1. The fourth-order valence-corrected chi connectivity index (χ4v) is 7.89. The lowest BCUT2D eigenvalue weighted by molar-refractivity contribution is -0.870. The molecule has 0 rings (SSSR count). The first-order valence-electron chi connectivity index (χ1n) is 25.7. The Morgan fingerprint density at radius 1 is 0.508 bits per heavy atom. The molecule has 9 heteroatoms. The highest BCUT2D eigenvalue weighted by atomic mass is 31.2. The van der Waals surface area contributed by atoms with Gasteiger partial charge in [0, 0.05) is 13.0 Å². The SMILES string of the molecule is CCCCC/C=C\C/C=C\CCCCCCCCOCC(COP(=O)([O-])OCC[N+](C)(C)C)OC(=O)CCCCCCCCCCCCC/C=C\CCCCCCCCCC. The molecular weight excluding hydrogens is 782 g/mol. The van der Waals surface area contributed by atoms with Gasteiger partial charge in [0.1, 0.15) is 19.3 Å². The number of carbonyl (C=O) groups is 1. The van der Waals surface area contributed by atoms with E-state index in [-0.39, 0.29) is 25.8 Å². The van der Waals surface area contributed by atoms with Crippen molar-refractivity contribution in [3.63, 3.8) is 0 Å². The molecule has 61 heavy (non-hydrogen) atoms. The molecule has 2 unspecified atom stereocenters. The van der Waals surface area contributed by atoms with E-state index in [4.69, 9.17) is 18.5 Å². The minimum absolute atomic E-state index is 0.0241. The number of hydrogen-bond acceptors (Lipinski definition) is 7. The van der Waals surface area contributed by atoms with E-state index in [9.17, 15) is 14.3 Å². The van der Waals surface area contributed by atoms with Crippen LogP contribution in [0.15, 0.2) is 36.5 Å². The van der Waals surface area contributed by atoms with Gasteiger partial charge in [-0.05, 0) is 70.6 Å². The Morgan fingerprint density at radius 3 is 1.38 bits per heavy atom. The summed E-state index contributed by atoms with van der Waals surface area (Å²) >= 11 is 0. The van der Waals surface area contributed by atoms with Gasteiger partial charge in [0.05, 0.1) is 34.4 Å². The quantitative estimate of drug-likeness (QED) is 0.0197. The van der Waals surface area contributed by atoms with Crippen LogP contribution in [0.4, 0.5) is 0 Å². The number of likely N-dealkylation sites (N-methyl/N-ethyl adjacent to an activating group) is 1. The zero-order chi connectivity index (χ0) is 44.8. The molecule has 0 amide bonds. The van der Waals surface area contributed by atoms with Gasteiger partial charge in [0.15, 0.2) is 0 Å². The zero-order valence-electron chi connectivity index (χ0n) is 40.9. The summed E-state index contributed by atoms with van der Waals surface area (Å²) in [6.45, 7) is 5.39. The van der Waals surface area contributed by atoms with E-state index in [0.717, 1.165) is 51.4 Å². The molecular formula is C52H100NO7P. The summed E-state index contributed by atoms with van der Waals surface area (Å²) in [6, 6.07) is 0. The van der Waals surface area contributed by atoms with Gasteiger partial charge >= 0.3 is 5.97 Å². The number of hydrogen-bond donors (Lipinski definition) is 0. The van der Waals surface area contributed by atoms with Crippen molar-refractivity contribution >= 4 is 13.8 Å². The molecule has 0 N–H and O–H groups in total. The van der Waals surface area contributed by atoms with Crippen LogP contribution in [0.25, 0.3) is 0 Å². The second kappa shape index (κ2) is 45.3. The molecule has 0 aliphatic carbocycles. The summed E-state index contributed by atoms with van der Waals surface area (Å²) in [7, 11) is 1.35. The summed E-state index contributed by atoms with van der Waals surface area (Å²) in [5.41, 5.74) is 0. The number of nitrogens with zero attached hydrogens (tertiary/aromatic N) is 1. The van der Waals surface area contributed by atoms with E-state index in [1.165, 1.54) is 161 Å². The van der Waals surface area contributed by atoms with Crippen LogP contribution in [0, 0.1) is 0 Å². The molecule has 0 radical (unpaired) electrons. The Bertz CT molecular complexity index is 1070. The van der Waals surface area contributed by atoms with E-state index in [1.807, 2.05) is 21.1 Å². The number of allylic oxidation sites excluding steroid dienone is 6. The summed E-state index contributed by atoms with van der Waals surface area (Å²) < 4.78 is 34.7. The van der Waals surface area contributed by atoms with Crippen LogP contribution >= 0.6 is 7.82 Å². The zero-order valence-corrected chi connectivity index (χ0v) is 41.8. The largest absolute Gasteiger partial charge is 0.756 e. The van der Waals surface area contributed by atoms with Crippen LogP contribution in [0.5, 0.6) is 0 Å². The number of unbranched alkanes of at least 4 members (excludes halogenated alkanes) is 28. The predicted molar refractivity (Wildman–Crippen MR) is 259 cm³/mol. The maximum Gasteiger partial charge on any atom is 0.306 e. The Balaban J connectivity index is 4.12. The smallest absolute Gasteiger partial charge is 0.306 e. The lowest BCUT2D eigenvalue weighted by Crippen LogP contribution is -2.37. The first-order valence-corrected chi connectivity index (χ1v) is 27.2. The third-order valence-electron chi connectivity index (χ3n) is 11.2. The van der Waals surface area contributed by atoms with Crippen molar-refractivity contribution in [1.29, 1.82) is 0 Å². The van der Waals surface area contributed by atoms with E-state index in [0.29, 0.717) is 24.1 Å². The molecule has 360 valence electrons. The van der Waals surface area contributed by atoms with Crippen LogP contribution in [-0.2, 0) is 27.9 Å².